The number of thiophene rings is 1. The van der Waals surface area contributed by atoms with E-state index in [2.05, 4.69) is 20.9 Å². The van der Waals surface area contributed by atoms with Crippen LogP contribution in [0.25, 0.3) is 0 Å². The number of allylic oxidation sites excluding steroid dienone is 1. The number of anilines is 1. The summed E-state index contributed by atoms with van der Waals surface area (Å²) in [6, 6.07) is 6.52. The highest BCUT2D eigenvalue weighted by Crippen LogP contribution is 2.30. The van der Waals surface area contributed by atoms with Crippen LogP contribution in [-0.2, 0) is 4.79 Å². The Morgan fingerprint density at radius 3 is 2.91 bits per heavy atom. The minimum Gasteiger partial charge on any atom is -0.326 e. The smallest absolute Gasteiger partial charge is 0.319 e. The van der Waals surface area contributed by atoms with Gasteiger partial charge in [0.05, 0.1) is 23.5 Å². The van der Waals surface area contributed by atoms with E-state index in [0.717, 1.165) is 4.88 Å². The van der Waals surface area contributed by atoms with Gasteiger partial charge in [-0.1, -0.05) is 6.07 Å². The van der Waals surface area contributed by atoms with Crippen LogP contribution in [0.2, 0.25) is 0 Å². The van der Waals surface area contributed by atoms with E-state index in [0.29, 0.717) is 17.0 Å². The number of carbonyl (C=O) groups is 2. The van der Waals surface area contributed by atoms with E-state index < -0.39 is 6.04 Å². The van der Waals surface area contributed by atoms with Gasteiger partial charge in [-0.05, 0) is 30.5 Å². The quantitative estimate of drug-likeness (QED) is 0.813. The molecule has 0 saturated carbocycles. The highest BCUT2D eigenvalue weighted by molar-refractivity contribution is 7.10. The Bertz CT molecular complexity index is 725. The Balaban J connectivity index is 1.92. The number of nitrogens with one attached hydrogen (secondary N) is 3. The number of pyridine rings is 1. The van der Waals surface area contributed by atoms with Crippen LogP contribution in [0.15, 0.2) is 53.3 Å². The van der Waals surface area contributed by atoms with Gasteiger partial charge in [-0.3, -0.25) is 9.78 Å². The van der Waals surface area contributed by atoms with Crippen molar-refractivity contribution in [2.24, 2.45) is 0 Å². The molecule has 3 rings (SSSR count). The van der Waals surface area contributed by atoms with Gasteiger partial charge in [-0.2, -0.15) is 0 Å². The molecule has 1 atom stereocenters. The van der Waals surface area contributed by atoms with Crippen molar-refractivity contribution < 1.29 is 9.59 Å². The van der Waals surface area contributed by atoms with Crippen LogP contribution in [-0.4, -0.2) is 16.9 Å². The summed E-state index contributed by atoms with van der Waals surface area (Å²) < 4.78 is 0. The fourth-order valence-corrected chi connectivity index (χ4v) is 3.08. The summed E-state index contributed by atoms with van der Waals surface area (Å²) in [4.78, 5) is 29.2. The molecule has 0 radical (unpaired) electrons. The standard InChI is InChI=1S/C15H14N4O2S/c1-9-12(14(20)18-10-4-2-6-16-8-10)13(19-15(21)17-9)11-5-3-7-22-11/h2-8,13H,1H3,(H,18,20)(H2,17,19,21). The highest BCUT2D eigenvalue weighted by atomic mass is 32.1. The van der Waals surface area contributed by atoms with Crippen molar-refractivity contribution in [3.63, 3.8) is 0 Å². The molecule has 3 amide bonds. The molecule has 1 aliphatic heterocycles. The third-order valence-corrected chi connectivity index (χ3v) is 4.20. The van der Waals surface area contributed by atoms with Crippen LogP contribution in [0.5, 0.6) is 0 Å². The Kier molecular flexibility index (Phi) is 3.88. The summed E-state index contributed by atoms with van der Waals surface area (Å²) in [5, 5.41) is 10.2. The number of hydrogen-bond donors (Lipinski definition) is 3. The van der Waals surface area contributed by atoms with E-state index in [9.17, 15) is 9.59 Å². The summed E-state index contributed by atoms with van der Waals surface area (Å²) in [7, 11) is 0. The normalized spacial score (nSPS) is 17.7. The molecular formula is C15H14N4O2S. The molecular weight excluding hydrogens is 300 g/mol. The number of nitrogens with zero attached hydrogens (tertiary/aromatic N) is 1. The molecule has 3 heterocycles. The zero-order valence-corrected chi connectivity index (χ0v) is 12.6. The van der Waals surface area contributed by atoms with Gasteiger partial charge in [0, 0.05) is 16.8 Å². The number of aromatic nitrogens is 1. The molecule has 22 heavy (non-hydrogen) atoms. The predicted molar refractivity (Wildman–Crippen MR) is 84.3 cm³/mol. The lowest BCUT2D eigenvalue weighted by molar-refractivity contribution is -0.113. The van der Waals surface area contributed by atoms with Gasteiger partial charge in [-0.25, -0.2) is 4.79 Å². The fourth-order valence-electron chi connectivity index (χ4n) is 2.30. The first-order valence-electron chi connectivity index (χ1n) is 6.68. The minimum atomic E-state index is -0.453. The van der Waals surface area contributed by atoms with Crippen LogP contribution in [0.4, 0.5) is 10.5 Å². The molecule has 3 N–H and O–H groups in total. The van der Waals surface area contributed by atoms with Crippen LogP contribution < -0.4 is 16.0 Å². The third-order valence-electron chi connectivity index (χ3n) is 3.26. The number of rotatable bonds is 3. The molecule has 0 saturated heterocycles. The zero-order valence-electron chi connectivity index (χ0n) is 11.8. The Morgan fingerprint density at radius 2 is 2.23 bits per heavy atom. The van der Waals surface area contributed by atoms with Gasteiger partial charge in [0.25, 0.3) is 5.91 Å². The summed E-state index contributed by atoms with van der Waals surface area (Å²) in [5.41, 5.74) is 1.64. The van der Waals surface area contributed by atoms with E-state index in [1.54, 1.807) is 31.5 Å². The lowest BCUT2D eigenvalue weighted by atomic mass is 10.0. The van der Waals surface area contributed by atoms with Crippen LogP contribution in [0.3, 0.4) is 0 Å². The molecule has 1 unspecified atom stereocenters. The second-order valence-corrected chi connectivity index (χ2v) is 5.76. The van der Waals surface area contributed by atoms with E-state index in [4.69, 9.17) is 0 Å². The molecule has 0 aliphatic carbocycles. The lowest BCUT2D eigenvalue weighted by Crippen LogP contribution is -2.45. The van der Waals surface area contributed by atoms with E-state index in [-0.39, 0.29) is 11.9 Å². The first-order valence-corrected chi connectivity index (χ1v) is 7.56. The number of urea groups is 1. The van der Waals surface area contributed by atoms with E-state index >= 15 is 0 Å². The van der Waals surface area contributed by atoms with Crippen LogP contribution >= 0.6 is 11.3 Å². The predicted octanol–water partition coefficient (Wildman–Crippen LogP) is 2.41. The highest BCUT2D eigenvalue weighted by Gasteiger charge is 2.31. The molecule has 6 nitrogen and oxygen atoms in total. The topological polar surface area (TPSA) is 83.1 Å². The molecule has 112 valence electrons. The van der Waals surface area contributed by atoms with Crippen LogP contribution in [0, 0.1) is 0 Å². The van der Waals surface area contributed by atoms with Gasteiger partial charge in [0.1, 0.15) is 0 Å². The maximum Gasteiger partial charge on any atom is 0.319 e. The lowest BCUT2D eigenvalue weighted by Gasteiger charge is -2.27. The Hall–Kier alpha value is -2.67. The fraction of sp³-hybridized carbons (Fsp3) is 0.133. The third kappa shape index (κ3) is 2.84. The molecule has 0 spiro atoms. The summed E-state index contributed by atoms with van der Waals surface area (Å²) in [5.74, 6) is -0.267. The van der Waals surface area contributed by atoms with Gasteiger partial charge in [-0.15, -0.1) is 11.3 Å². The van der Waals surface area contributed by atoms with Crippen molar-refractivity contribution in [3.05, 3.63) is 58.2 Å². The number of carbonyl (C=O) groups excluding carboxylic acids is 2. The van der Waals surface area contributed by atoms with Crippen LogP contribution in [0.1, 0.15) is 17.8 Å². The van der Waals surface area contributed by atoms with E-state index in [1.807, 2.05) is 17.5 Å². The average molecular weight is 314 g/mol. The summed E-state index contributed by atoms with van der Waals surface area (Å²) in [6.07, 6.45) is 3.21. The van der Waals surface area contributed by atoms with Crippen molar-refractivity contribution >= 4 is 29.0 Å². The monoisotopic (exact) mass is 314 g/mol. The molecule has 7 heteroatoms. The number of hydrogen-bond acceptors (Lipinski definition) is 4. The molecule has 0 fully saturated rings. The van der Waals surface area contributed by atoms with Crippen molar-refractivity contribution in [3.8, 4) is 0 Å². The molecule has 2 aromatic heterocycles. The SMILES string of the molecule is CC1=C(C(=O)Nc2cccnc2)C(c2cccs2)NC(=O)N1. The van der Waals surface area contributed by atoms with Crippen molar-refractivity contribution in [1.82, 2.24) is 15.6 Å². The first kappa shape index (κ1) is 14.3. The second-order valence-electron chi connectivity index (χ2n) is 4.78. The van der Waals surface area contributed by atoms with Crippen molar-refractivity contribution in [2.45, 2.75) is 13.0 Å². The van der Waals surface area contributed by atoms with E-state index in [1.165, 1.54) is 11.3 Å². The van der Waals surface area contributed by atoms with Gasteiger partial charge in [0.15, 0.2) is 0 Å². The summed E-state index contributed by atoms with van der Waals surface area (Å²) in [6.45, 7) is 1.72. The van der Waals surface area contributed by atoms with Crippen molar-refractivity contribution in [2.75, 3.05) is 5.32 Å². The number of amides is 3. The largest absolute Gasteiger partial charge is 0.326 e. The maximum absolute atomic E-state index is 12.6. The molecule has 0 aromatic carbocycles. The zero-order chi connectivity index (χ0) is 15.5. The molecule has 0 bridgehead atoms. The van der Waals surface area contributed by atoms with Gasteiger partial charge < -0.3 is 16.0 Å². The second kappa shape index (κ2) is 5.98. The Morgan fingerprint density at radius 1 is 1.36 bits per heavy atom. The minimum absolute atomic E-state index is 0.267. The summed E-state index contributed by atoms with van der Waals surface area (Å²) >= 11 is 1.49. The maximum atomic E-state index is 12.6. The van der Waals surface area contributed by atoms with Crippen molar-refractivity contribution in [1.29, 1.82) is 0 Å². The van der Waals surface area contributed by atoms with Gasteiger partial charge in [0.2, 0.25) is 0 Å². The van der Waals surface area contributed by atoms with Gasteiger partial charge >= 0.3 is 6.03 Å². The Labute approximate surface area is 131 Å². The molecule has 2 aromatic rings. The average Bonchev–Trinajstić information content (AvgIpc) is 3.01. The first-order chi connectivity index (χ1) is 10.6. The molecule has 1 aliphatic rings.